The molecule has 1 aliphatic rings. The van der Waals surface area contributed by atoms with E-state index in [1.807, 2.05) is 37.3 Å². The van der Waals surface area contributed by atoms with Crippen LogP contribution in [0.3, 0.4) is 0 Å². The zero-order valence-electron chi connectivity index (χ0n) is 11.7. The smallest absolute Gasteiger partial charge is 0.224 e. The summed E-state index contributed by atoms with van der Waals surface area (Å²) in [6.45, 7) is 3.76. The fourth-order valence-corrected chi connectivity index (χ4v) is 2.69. The molecule has 2 heterocycles. The van der Waals surface area contributed by atoms with Crippen LogP contribution in [0.2, 0.25) is 0 Å². The number of hydrogen-bond acceptors (Lipinski definition) is 3. The number of fused-ring (bicyclic) bond motifs is 1. The fraction of sp³-hybridized carbons (Fsp3) is 0.438. The Balaban J connectivity index is 1.68. The third-order valence-corrected chi connectivity index (χ3v) is 3.90. The highest BCUT2D eigenvalue weighted by atomic mass is 16.3. The zero-order valence-corrected chi connectivity index (χ0v) is 11.7. The van der Waals surface area contributed by atoms with Gasteiger partial charge in [-0.3, -0.25) is 4.79 Å². The average Bonchev–Trinajstić information content (AvgIpc) is 2.92. The molecule has 0 spiro atoms. The number of nitrogens with one attached hydrogen (secondary N) is 2. The third kappa shape index (κ3) is 2.70. The van der Waals surface area contributed by atoms with Crippen LogP contribution in [0.25, 0.3) is 11.0 Å². The van der Waals surface area contributed by atoms with E-state index in [0.717, 1.165) is 42.7 Å². The number of benzene rings is 1. The van der Waals surface area contributed by atoms with Gasteiger partial charge < -0.3 is 15.1 Å². The second kappa shape index (κ2) is 5.67. The predicted molar refractivity (Wildman–Crippen MR) is 78.4 cm³/mol. The summed E-state index contributed by atoms with van der Waals surface area (Å²) in [4.78, 5) is 12.2. The number of furan rings is 1. The van der Waals surface area contributed by atoms with Gasteiger partial charge in [0, 0.05) is 11.9 Å². The number of para-hydroxylation sites is 1. The molecule has 0 aliphatic carbocycles. The topological polar surface area (TPSA) is 54.3 Å². The van der Waals surface area contributed by atoms with E-state index in [9.17, 15) is 4.79 Å². The van der Waals surface area contributed by atoms with Crippen LogP contribution in [0.4, 0.5) is 0 Å². The van der Waals surface area contributed by atoms with Gasteiger partial charge in [0.05, 0.1) is 12.0 Å². The molecule has 0 saturated carbocycles. The molecule has 3 rings (SSSR count). The van der Waals surface area contributed by atoms with E-state index in [1.165, 1.54) is 0 Å². The van der Waals surface area contributed by atoms with Gasteiger partial charge in [-0.15, -0.1) is 0 Å². The summed E-state index contributed by atoms with van der Waals surface area (Å²) in [5.74, 6) is 1.00. The van der Waals surface area contributed by atoms with Gasteiger partial charge >= 0.3 is 0 Å². The standard InChI is InChI=1S/C16H20N2O2/c1-11(18-16(19)13-6-4-8-17-10-13)15-9-12-5-2-3-7-14(12)20-15/h2-3,5,7,9,11,13,17H,4,6,8,10H2,1H3,(H,18,19)/t11?,13-/m1/s1. The maximum atomic E-state index is 12.2. The maximum Gasteiger partial charge on any atom is 0.224 e. The number of carbonyl (C=O) groups is 1. The molecule has 1 saturated heterocycles. The molecule has 0 bridgehead atoms. The lowest BCUT2D eigenvalue weighted by Crippen LogP contribution is -2.41. The van der Waals surface area contributed by atoms with E-state index in [1.54, 1.807) is 0 Å². The lowest BCUT2D eigenvalue weighted by molar-refractivity contribution is -0.126. The largest absolute Gasteiger partial charge is 0.459 e. The van der Waals surface area contributed by atoms with E-state index in [-0.39, 0.29) is 17.9 Å². The third-order valence-electron chi connectivity index (χ3n) is 3.90. The summed E-state index contributed by atoms with van der Waals surface area (Å²) in [7, 11) is 0. The molecule has 2 N–H and O–H groups in total. The molecule has 1 aromatic carbocycles. The molecule has 1 unspecified atom stereocenters. The molecular formula is C16H20N2O2. The Morgan fingerprint density at radius 2 is 2.30 bits per heavy atom. The van der Waals surface area contributed by atoms with Crippen LogP contribution in [0.15, 0.2) is 34.7 Å². The second-order valence-corrected chi connectivity index (χ2v) is 5.46. The first-order chi connectivity index (χ1) is 9.74. The highest BCUT2D eigenvalue weighted by Crippen LogP contribution is 2.24. The minimum Gasteiger partial charge on any atom is -0.459 e. The Hall–Kier alpha value is -1.81. The normalized spacial score (nSPS) is 20.8. The number of hydrogen-bond donors (Lipinski definition) is 2. The summed E-state index contributed by atoms with van der Waals surface area (Å²) < 4.78 is 5.79. The predicted octanol–water partition coefficient (Wildman–Crippen LogP) is 2.61. The average molecular weight is 272 g/mol. The first-order valence-electron chi connectivity index (χ1n) is 7.23. The first-order valence-corrected chi connectivity index (χ1v) is 7.23. The summed E-state index contributed by atoms with van der Waals surface area (Å²) in [6, 6.07) is 9.79. The van der Waals surface area contributed by atoms with Crippen LogP contribution in [0.5, 0.6) is 0 Å². The monoisotopic (exact) mass is 272 g/mol. The number of piperidine rings is 1. The van der Waals surface area contributed by atoms with Gasteiger partial charge in [0.1, 0.15) is 11.3 Å². The van der Waals surface area contributed by atoms with E-state index < -0.39 is 0 Å². The van der Waals surface area contributed by atoms with Gasteiger partial charge in [0.15, 0.2) is 0 Å². The van der Waals surface area contributed by atoms with Crippen molar-refractivity contribution in [3.05, 3.63) is 36.1 Å². The van der Waals surface area contributed by atoms with Crippen molar-refractivity contribution in [1.82, 2.24) is 10.6 Å². The maximum absolute atomic E-state index is 12.2. The zero-order chi connectivity index (χ0) is 13.9. The Morgan fingerprint density at radius 1 is 1.45 bits per heavy atom. The molecule has 2 atom stereocenters. The molecule has 0 radical (unpaired) electrons. The number of carbonyl (C=O) groups excluding carboxylic acids is 1. The molecule has 1 aliphatic heterocycles. The second-order valence-electron chi connectivity index (χ2n) is 5.46. The number of rotatable bonds is 3. The van der Waals surface area contributed by atoms with Crippen LogP contribution in [-0.4, -0.2) is 19.0 Å². The van der Waals surface area contributed by atoms with Crippen molar-refractivity contribution in [1.29, 1.82) is 0 Å². The summed E-state index contributed by atoms with van der Waals surface area (Å²) in [5.41, 5.74) is 0.864. The highest BCUT2D eigenvalue weighted by Gasteiger charge is 2.23. The van der Waals surface area contributed by atoms with Crippen LogP contribution < -0.4 is 10.6 Å². The molecule has 20 heavy (non-hydrogen) atoms. The van der Waals surface area contributed by atoms with Crippen molar-refractivity contribution in [3.63, 3.8) is 0 Å². The van der Waals surface area contributed by atoms with Crippen molar-refractivity contribution in [2.75, 3.05) is 13.1 Å². The lowest BCUT2D eigenvalue weighted by Gasteiger charge is -2.23. The molecule has 106 valence electrons. The van der Waals surface area contributed by atoms with E-state index in [0.29, 0.717) is 0 Å². The summed E-state index contributed by atoms with van der Waals surface area (Å²) in [5, 5.41) is 7.39. The summed E-state index contributed by atoms with van der Waals surface area (Å²) >= 11 is 0. The molecule has 4 heteroatoms. The molecule has 1 aromatic heterocycles. The molecular weight excluding hydrogens is 252 g/mol. The van der Waals surface area contributed by atoms with Gasteiger partial charge in [0.2, 0.25) is 5.91 Å². The van der Waals surface area contributed by atoms with Crippen LogP contribution in [0.1, 0.15) is 31.6 Å². The molecule has 2 aromatic rings. The Morgan fingerprint density at radius 3 is 3.05 bits per heavy atom. The van der Waals surface area contributed by atoms with Gasteiger partial charge in [-0.25, -0.2) is 0 Å². The molecule has 1 fully saturated rings. The van der Waals surface area contributed by atoms with E-state index >= 15 is 0 Å². The Kier molecular flexibility index (Phi) is 3.74. The van der Waals surface area contributed by atoms with Crippen LogP contribution in [-0.2, 0) is 4.79 Å². The van der Waals surface area contributed by atoms with Gasteiger partial charge in [-0.1, -0.05) is 18.2 Å². The molecule has 4 nitrogen and oxygen atoms in total. The number of amides is 1. The SMILES string of the molecule is CC(NC(=O)[C@@H]1CCCNC1)c1cc2ccccc2o1. The quantitative estimate of drug-likeness (QED) is 0.903. The van der Waals surface area contributed by atoms with Gasteiger partial charge in [0.25, 0.3) is 0 Å². The Labute approximate surface area is 118 Å². The Bertz CT molecular complexity index is 566. The van der Waals surface area contributed by atoms with Crippen LogP contribution in [0, 0.1) is 5.92 Å². The van der Waals surface area contributed by atoms with E-state index in [4.69, 9.17) is 4.42 Å². The van der Waals surface area contributed by atoms with Crippen molar-refractivity contribution < 1.29 is 9.21 Å². The fourth-order valence-electron chi connectivity index (χ4n) is 2.69. The van der Waals surface area contributed by atoms with Gasteiger partial charge in [-0.2, -0.15) is 0 Å². The lowest BCUT2D eigenvalue weighted by atomic mass is 9.98. The minimum atomic E-state index is -0.100. The van der Waals surface area contributed by atoms with Crippen molar-refractivity contribution in [2.45, 2.75) is 25.8 Å². The van der Waals surface area contributed by atoms with Crippen molar-refractivity contribution in [3.8, 4) is 0 Å². The minimum absolute atomic E-state index is 0.0792. The summed E-state index contributed by atoms with van der Waals surface area (Å²) in [6.07, 6.45) is 2.03. The van der Waals surface area contributed by atoms with Crippen molar-refractivity contribution >= 4 is 16.9 Å². The highest BCUT2D eigenvalue weighted by molar-refractivity contribution is 5.80. The molecule has 1 amide bonds. The van der Waals surface area contributed by atoms with E-state index in [2.05, 4.69) is 10.6 Å². The van der Waals surface area contributed by atoms with Crippen molar-refractivity contribution in [2.24, 2.45) is 5.92 Å². The van der Waals surface area contributed by atoms with Gasteiger partial charge in [-0.05, 0) is 38.4 Å². The first kappa shape index (κ1) is 13.2. The van der Waals surface area contributed by atoms with Crippen LogP contribution >= 0.6 is 0 Å².